The number of ether oxygens (including phenoxy) is 3. The number of cyclic esters (lactones) is 1. The molecule has 0 radical (unpaired) electrons. The summed E-state index contributed by atoms with van der Waals surface area (Å²) < 4.78 is 16.1. The first-order valence-corrected chi connectivity index (χ1v) is 7.30. The molecule has 2 heterocycles. The summed E-state index contributed by atoms with van der Waals surface area (Å²) in [7, 11) is 3.12. The van der Waals surface area contributed by atoms with Gasteiger partial charge in [-0.2, -0.15) is 0 Å². The summed E-state index contributed by atoms with van der Waals surface area (Å²) in [5.74, 6) is 0.140. The Morgan fingerprint density at radius 2 is 2.29 bits per heavy atom. The number of rotatable bonds is 5. The number of hydrogen-bond donors (Lipinski definition) is 1. The van der Waals surface area contributed by atoms with Crippen LogP contribution in [0.1, 0.15) is 10.4 Å². The van der Waals surface area contributed by atoms with E-state index in [9.17, 15) is 9.59 Å². The Morgan fingerprint density at radius 1 is 1.50 bits per heavy atom. The smallest absolute Gasteiger partial charge is 0.410 e. The van der Waals surface area contributed by atoms with Crippen LogP contribution in [0.4, 0.5) is 4.79 Å². The number of pyridine rings is 1. The van der Waals surface area contributed by atoms with Gasteiger partial charge in [0.1, 0.15) is 12.4 Å². The Kier molecular flexibility index (Phi) is 4.11. The second-order valence-corrected chi connectivity index (χ2v) is 5.45. The van der Waals surface area contributed by atoms with Crippen molar-refractivity contribution in [2.24, 2.45) is 5.73 Å². The average molecular weight is 331 g/mol. The Morgan fingerprint density at radius 3 is 2.92 bits per heavy atom. The molecule has 1 aliphatic rings. The maximum atomic E-state index is 11.5. The molecule has 1 unspecified atom stereocenters. The number of aromatic nitrogens is 1. The molecule has 2 amide bonds. The fourth-order valence-electron chi connectivity index (χ4n) is 2.56. The lowest BCUT2D eigenvalue weighted by Crippen LogP contribution is -2.23. The summed E-state index contributed by atoms with van der Waals surface area (Å²) in [5.41, 5.74) is 5.65. The fraction of sp³-hybridized carbons (Fsp3) is 0.312. The minimum absolute atomic E-state index is 0.183. The molecule has 126 valence electrons. The average Bonchev–Trinajstić information content (AvgIpc) is 2.89. The summed E-state index contributed by atoms with van der Waals surface area (Å²) >= 11 is 0. The van der Waals surface area contributed by atoms with Crippen LogP contribution in [0, 0.1) is 0 Å². The monoisotopic (exact) mass is 331 g/mol. The lowest BCUT2D eigenvalue weighted by Gasteiger charge is -2.13. The molecule has 8 heteroatoms. The van der Waals surface area contributed by atoms with Crippen LogP contribution in [-0.2, 0) is 4.74 Å². The molecule has 8 nitrogen and oxygen atoms in total. The van der Waals surface area contributed by atoms with Gasteiger partial charge in [-0.3, -0.25) is 4.79 Å². The minimum Gasteiger partial charge on any atom is -0.496 e. The summed E-state index contributed by atoms with van der Waals surface area (Å²) in [4.78, 5) is 28.6. The number of amides is 2. The molecule has 2 aromatic rings. The molecule has 1 aliphatic heterocycles. The van der Waals surface area contributed by atoms with Gasteiger partial charge in [0.25, 0.3) is 5.91 Å². The lowest BCUT2D eigenvalue weighted by molar-refractivity contribution is 0.0996. The van der Waals surface area contributed by atoms with Crippen molar-refractivity contribution in [3.8, 4) is 11.6 Å². The van der Waals surface area contributed by atoms with Gasteiger partial charge in [-0.15, -0.1) is 0 Å². The van der Waals surface area contributed by atoms with E-state index in [2.05, 4.69) is 4.98 Å². The zero-order valence-corrected chi connectivity index (χ0v) is 13.3. The van der Waals surface area contributed by atoms with Crippen LogP contribution < -0.4 is 15.2 Å². The third-order valence-corrected chi connectivity index (χ3v) is 3.78. The van der Waals surface area contributed by atoms with E-state index in [-0.39, 0.29) is 24.4 Å². The first-order valence-electron chi connectivity index (χ1n) is 7.30. The molecular weight excluding hydrogens is 314 g/mol. The summed E-state index contributed by atoms with van der Waals surface area (Å²) in [5, 5.41) is 1.42. The van der Waals surface area contributed by atoms with E-state index in [1.807, 2.05) is 0 Å². The van der Waals surface area contributed by atoms with E-state index in [0.29, 0.717) is 23.6 Å². The first-order chi connectivity index (χ1) is 11.5. The second kappa shape index (κ2) is 6.23. The highest BCUT2D eigenvalue weighted by atomic mass is 16.6. The van der Waals surface area contributed by atoms with E-state index in [1.54, 1.807) is 31.4 Å². The maximum Gasteiger partial charge on any atom is 0.410 e. The highest BCUT2D eigenvalue weighted by Crippen LogP contribution is 2.30. The Hall–Kier alpha value is -3.03. The van der Waals surface area contributed by atoms with Crippen molar-refractivity contribution in [1.29, 1.82) is 0 Å². The van der Waals surface area contributed by atoms with E-state index >= 15 is 0 Å². The van der Waals surface area contributed by atoms with Gasteiger partial charge >= 0.3 is 6.09 Å². The van der Waals surface area contributed by atoms with Gasteiger partial charge in [-0.05, 0) is 23.6 Å². The number of nitrogens with two attached hydrogens (primary N) is 1. The quantitative estimate of drug-likeness (QED) is 0.882. The van der Waals surface area contributed by atoms with Gasteiger partial charge in [0.15, 0.2) is 6.10 Å². The van der Waals surface area contributed by atoms with Crippen LogP contribution in [0.25, 0.3) is 10.8 Å². The van der Waals surface area contributed by atoms with E-state index in [1.165, 1.54) is 12.0 Å². The van der Waals surface area contributed by atoms with Crippen LogP contribution in [0.5, 0.6) is 11.6 Å². The summed E-state index contributed by atoms with van der Waals surface area (Å²) in [6.07, 6.45) is 0.843. The van der Waals surface area contributed by atoms with Crippen molar-refractivity contribution in [2.75, 3.05) is 27.3 Å². The Balaban J connectivity index is 1.88. The molecule has 24 heavy (non-hydrogen) atoms. The molecule has 1 atom stereocenters. The predicted molar refractivity (Wildman–Crippen MR) is 85.2 cm³/mol. The van der Waals surface area contributed by atoms with Gasteiger partial charge < -0.3 is 24.8 Å². The SMILES string of the molecule is COc1cc2c(OCC3CN(C)C(=O)O3)nccc2cc1C(N)=O. The van der Waals surface area contributed by atoms with Crippen LogP contribution >= 0.6 is 0 Å². The molecule has 1 saturated heterocycles. The van der Waals surface area contributed by atoms with Crippen molar-refractivity contribution in [3.05, 3.63) is 30.0 Å². The number of likely N-dealkylation sites (N-methyl/N-ethyl adjacent to an activating group) is 1. The lowest BCUT2D eigenvalue weighted by atomic mass is 10.1. The first kappa shape index (κ1) is 15.9. The molecular formula is C16H17N3O5. The number of primary amides is 1. The predicted octanol–water partition coefficient (Wildman–Crippen LogP) is 1.17. The molecule has 2 N–H and O–H groups in total. The summed E-state index contributed by atoms with van der Waals surface area (Å²) in [6.45, 7) is 0.640. The van der Waals surface area contributed by atoms with E-state index in [0.717, 1.165) is 5.39 Å². The number of methoxy groups -OCH3 is 1. The second-order valence-electron chi connectivity index (χ2n) is 5.45. The third-order valence-electron chi connectivity index (χ3n) is 3.78. The number of carbonyl (C=O) groups is 2. The largest absolute Gasteiger partial charge is 0.496 e. The molecule has 1 aromatic carbocycles. The highest BCUT2D eigenvalue weighted by molar-refractivity contribution is 6.01. The maximum absolute atomic E-state index is 11.5. The van der Waals surface area contributed by atoms with Gasteiger partial charge in [-0.25, -0.2) is 9.78 Å². The number of carbonyl (C=O) groups excluding carboxylic acids is 2. The van der Waals surface area contributed by atoms with Crippen LogP contribution in [0.2, 0.25) is 0 Å². The zero-order valence-electron chi connectivity index (χ0n) is 13.3. The standard InChI is InChI=1S/C16H17N3O5/c1-19-7-10(24-16(19)21)8-23-15-11-6-13(22-2)12(14(17)20)5-9(11)3-4-18-15/h3-6,10H,7-8H2,1-2H3,(H2,17,20). The molecule has 0 aliphatic carbocycles. The topological polar surface area (TPSA) is 104 Å². The van der Waals surface area contributed by atoms with Crippen molar-refractivity contribution >= 4 is 22.8 Å². The normalized spacial score (nSPS) is 17.0. The van der Waals surface area contributed by atoms with E-state index < -0.39 is 5.91 Å². The van der Waals surface area contributed by atoms with Crippen molar-refractivity contribution in [1.82, 2.24) is 9.88 Å². The number of hydrogen-bond acceptors (Lipinski definition) is 6. The van der Waals surface area contributed by atoms with Crippen LogP contribution in [0.15, 0.2) is 24.4 Å². The Labute approximate surface area is 138 Å². The van der Waals surface area contributed by atoms with Gasteiger partial charge in [0.2, 0.25) is 5.88 Å². The van der Waals surface area contributed by atoms with Crippen LogP contribution in [-0.4, -0.2) is 55.3 Å². The highest BCUT2D eigenvalue weighted by Gasteiger charge is 2.29. The van der Waals surface area contributed by atoms with Gasteiger partial charge in [-0.1, -0.05) is 0 Å². The van der Waals surface area contributed by atoms with Crippen LogP contribution in [0.3, 0.4) is 0 Å². The number of nitrogens with zero attached hydrogens (tertiary/aromatic N) is 2. The van der Waals surface area contributed by atoms with Crippen molar-refractivity contribution in [3.63, 3.8) is 0 Å². The van der Waals surface area contributed by atoms with Crippen molar-refractivity contribution < 1.29 is 23.8 Å². The molecule has 1 fully saturated rings. The zero-order chi connectivity index (χ0) is 17.3. The van der Waals surface area contributed by atoms with Gasteiger partial charge in [0.05, 0.1) is 19.2 Å². The van der Waals surface area contributed by atoms with Crippen molar-refractivity contribution in [2.45, 2.75) is 6.10 Å². The third kappa shape index (κ3) is 2.90. The van der Waals surface area contributed by atoms with E-state index in [4.69, 9.17) is 19.9 Å². The number of fused-ring (bicyclic) bond motifs is 1. The fourth-order valence-corrected chi connectivity index (χ4v) is 2.56. The molecule has 0 saturated carbocycles. The molecule has 3 rings (SSSR count). The number of benzene rings is 1. The summed E-state index contributed by atoms with van der Waals surface area (Å²) in [6, 6.07) is 5.04. The Bertz CT molecular complexity index is 808. The molecule has 0 spiro atoms. The minimum atomic E-state index is -0.575. The molecule has 1 aromatic heterocycles. The molecule has 0 bridgehead atoms. The van der Waals surface area contributed by atoms with Gasteiger partial charge in [0, 0.05) is 18.6 Å².